The molecule has 4 aromatic rings. The van der Waals surface area contributed by atoms with E-state index in [1.165, 1.54) is 6.20 Å². The largest absolute Gasteiger partial charge is 0.477 e. The molecule has 172 valence electrons. The molecule has 0 radical (unpaired) electrons. The van der Waals surface area contributed by atoms with Gasteiger partial charge in [0.25, 0.3) is 5.91 Å². The van der Waals surface area contributed by atoms with Gasteiger partial charge in [0.1, 0.15) is 5.56 Å². The quantitative estimate of drug-likeness (QED) is 0.278. The SMILES string of the molecule is C[C@@H](CNc1ccc2[nH]cc(C(=O)O)c(=O)c2c1Br)NC(=O)c1ccc(-c2ccccc2)cc1. The Balaban J connectivity index is 1.42. The fourth-order valence-corrected chi connectivity index (χ4v) is 4.30. The highest BCUT2D eigenvalue weighted by Gasteiger charge is 2.16. The summed E-state index contributed by atoms with van der Waals surface area (Å²) in [4.78, 5) is 39.4. The average molecular weight is 520 g/mol. The second-order valence-electron chi connectivity index (χ2n) is 7.89. The number of amides is 1. The molecule has 0 saturated carbocycles. The number of carbonyl (C=O) groups excluding carboxylic acids is 1. The number of pyridine rings is 1. The number of nitrogens with one attached hydrogen (secondary N) is 3. The van der Waals surface area contributed by atoms with Gasteiger partial charge >= 0.3 is 5.97 Å². The molecular weight excluding hydrogens is 498 g/mol. The minimum Gasteiger partial charge on any atom is -0.477 e. The Morgan fingerprint density at radius 2 is 1.68 bits per heavy atom. The number of benzene rings is 3. The van der Waals surface area contributed by atoms with E-state index in [1.807, 2.05) is 49.4 Å². The van der Waals surface area contributed by atoms with E-state index in [0.29, 0.717) is 27.8 Å². The van der Waals surface area contributed by atoms with Gasteiger partial charge in [0.2, 0.25) is 5.43 Å². The molecule has 7 nitrogen and oxygen atoms in total. The number of H-pyrrole nitrogens is 1. The van der Waals surface area contributed by atoms with Gasteiger partial charge in [0, 0.05) is 30.0 Å². The topological polar surface area (TPSA) is 111 Å². The highest BCUT2D eigenvalue weighted by atomic mass is 79.9. The van der Waals surface area contributed by atoms with E-state index < -0.39 is 11.4 Å². The van der Waals surface area contributed by atoms with Crippen molar-refractivity contribution in [2.75, 3.05) is 11.9 Å². The summed E-state index contributed by atoms with van der Waals surface area (Å²) in [7, 11) is 0. The Morgan fingerprint density at radius 1 is 1.00 bits per heavy atom. The zero-order valence-electron chi connectivity index (χ0n) is 18.3. The van der Waals surface area contributed by atoms with E-state index >= 15 is 0 Å². The van der Waals surface area contributed by atoms with Crippen LogP contribution in [0.4, 0.5) is 5.69 Å². The van der Waals surface area contributed by atoms with Gasteiger partial charge < -0.3 is 20.7 Å². The summed E-state index contributed by atoms with van der Waals surface area (Å²) in [6.07, 6.45) is 1.19. The number of fused-ring (bicyclic) bond motifs is 1. The number of aromatic nitrogens is 1. The minimum absolute atomic E-state index is 0.186. The third-order valence-electron chi connectivity index (χ3n) is 5.45. The summed E-state index contributed by atoms with van der Waals surface area (Å²) in [5.74, 6) is -1.48. The van der Waals surface area contributed by atoms with E-state index in [2.05, 4.69) is 31.5 Å². The molecule has 0 bridgehead atoms. The first-order valence-corrected chi connectivity index (χ1v) is 11.4. The van der Waals surface area contributed by atoms with Crippen molar-refractivity contribution in [3.63, 3.8) is 0 Å². The molecule has 4 N–H and O–H groups in total. The number of halogens is 1. The first-order valence-electron chi connectivity index (χ1n) is 10.6. The van der Waals surface area contributed by atoms with Crippen molar-refractivity contribution in [2.45, 2.75) is 13.0 Å². The second-order valence-corrected chi connectivity index (χ2v) is 8.68. The molecule has 1 atom stereocenters. The molecule has 1 amide bonds. The number of aromatic carboxylic acids is 1. The maximum absolute atomic E-state index is 12.7. The van der Waals surface area contributed by atoms with Crippen LogP contribution in [-0.2, 0) is 0 Å². The highest BCUT2D eigenvalue weighted by molar-refractivity contribution is 9.10. The van der Waals surface area contributed by atoms with Gasteiger partial charge in [-0.05, 0) is 58.2 Å². The number of carboxylic acids is 1. The minimum atomic E-state index is -1.29. The Labute approximate surface area is 204 Å². The van der Waals surface area contributed by atoms with Crippen LogP contribution >= 0.6 is 15.9 Å². The predicted octanol–water partition coefficient (Wildman–Crippen LogP) is 4.89. The van der Waals surface area contributed by atoms with Crippen LogP contribution < -0.4 is 16.1 Å². The molecule has 0 spiro atoms. The third kappa shape index (κ3) is 4.87. The summed E-state index contributed by atoms with van der Waals surface area (Å²) in [6, 6.07) is 20.6. The summed E-state index contributed by atoms with van der Waals surface area (Å²) >= 11 is 3.42. The Bertz CT molecular complexity index is 1420. The van der Waals surface area contributed by atoms with Crippen LogP contribution in [0.25, 0.3) is 22.0 Å². The number of hydrogen-bond donors (Lipinski definition) is 4. The molecule has 1 aromatic heterocycles. The lowest BCUT2D eigenvalue weighted by Crippen LogP contribution is -2.37. The van der Waals surface area contributed by atoms with Crippen LogP contribution in [0, 0.1) is 0 Å². The molecule has 4 rings (SSSR count). The fourth-order valence-electron chi connectivity index (χ4n) is 3.63. The van der Waals surface area contributed by atoms with E-state index in [9.17, 15) is 19.5 Å². The molecule has 3 aromatic carbocycles. The smallest absolute Gasteiger partial charge is 0.341 e. The molecule has 0 unspecified atom stereocenters. The van der Waals surface area contributed by atoms with Crippen molar-refractivity contribution in [3.8, 4) is 11.1 Å². The number of anilines is 1. The van der Waals surface area contributed by atoms with Crippen LogP contribution in [0.5, 0.6) is 0 Å². The molecular formula is C26H22BrN3O4. The number of carbonyl (C=O) groups is 2. The van der Waals surface area contributed by atoms with E-state index in [1.54, 1.807) is 24.3 Å². The first kappa shape index (κ1) is 23.3. The van der Waals surface area contributed by atoms with Crippen molar-refractivity contribution in [1.82, 2.24) is 10.3 Å². The summed E-state index contributed by atoms with van der Waals surface area (Å²) < 4.78 is 0.462. The van der Waals surface area contributed by atoms with Crippen LogP contribution in [0.1, 0.15) is 27.6 Å². The Kier molecular flexibility index (Phi) is 6.79. The number of carboxylic acid groups (broad SMARTS) is 1. The van der Waals surface area contributed by atoms with Crippen molar-refractivity contribution < 1.29 is 14.7 Å². The maximum Gasteiger partial charge on any atom is 0.341 e. The summed E-state index contributed by atoms with van der Waals surface area (Å²) in [5, 5.41) is 15.6. The molecule has 0 aliphatic carbocycles. The van der Waals surface area contributed by atoms with Gasteiger partial charge in [-0.15, -0.1) is 0 Å². The molecule has 0 saturated heterocycles. The van der Waals surface area contributed by atoms with Crippen molar-refractivity contribution in [1.29, 1.82) is 0 Å². The molecule has 8 heteroatoms. The van der Waals surface area contributed by atoms with Gasteiger partial charge in [-0.3, -0.25) is 9.59 Å². The van der Waals surface area contributed by atoms with Gasteiger partial charge in [-0.25, -0.2) is 4.79 Å². The molecule has 0 aliphatic heterocycles. The van der Waals surface area contributed by atoms with Gasteiger partial charge in [-0.1, -0.05) is 42.5 Å². The van der Waals surface area contributed by atoms with Crippen molar-refractivity contribution >= 4 is 44.4 Å². The number of aromatic amines is 1. The normalized spacial score (nSPS) is 11.7. The van der Waals surface area contributed by atoms with Crippen LogP contribution in [0.3, 0.4) is 0 Å². The second kappa shape index (κ2) is 9.93. The van der Waals surface area contributed by atoms with Crippen molar-refractivity contribution in [2.24, 2.45) is 0 Å². The standard InChI is InChI=1S/C26H22BrN3O4/c1-15(30-25(32)18-9-7-17(8-10-18)16-5-3-2-4-6-16)13-28-21-12-11-20-22(23(21)27)24(31)19(14-29-20)26(33)34/h2-12,14-15,28H,13H2,1H3,(H,29,31)(H,30,32)(H,33,34)/t15-/m0/s1. The Hall–Kier alpha value is -3.91. The summed E-state index contributed by atoms with van der Waals surface area (Å²) in [6.45, 7) is 2.27. The third-order valence-corrected chi connectivity index (χ3v) is 6.27. The zero-order chi connectivity index (χ0) is 24.2. The number of rotatable bonds is 7. The first-order chi connectivity index (χ1) is 16.3. The summed E-state index contributed by atoms with van der Waals surface area (Å²) in [5.41, 5.74) is 2.92. The van der Waals surface area contributed by atoms with Gasteiger partial charge in [-0.2, -0.15) is 0 Å². The lowest BCUT2D eigenvalue weighted by molar-refractivity contribution is 0.0695. The monoisotopic (exact) mass is 519 g/mol. The lowest BCUT2D eigenvalue weighted by atomic mass is 10.0. The van der Waals surface area contributed by atoms with Gasteiger partial charge in [0.15, 0.2) is 0 Å². The van der Waals surface area contributed by atoms with Crippen LogP contribution in [0.2, 0.25) is 0 Å². The average Bonchev–Trinajstić information content (AvgIpc) is 2.84. The van der Waals surface area contributed by atoms with E-state index in [0.717, 1.165) is 11.1 Å². The zero-order valence-corrected chi connectivity index (χ0v) is 19.8. The molecule has 34 heavy (non-hydrogen) atoms. The molecule has 1 heterocycles. The van der Waals surface area contributed by atoms with Crippen LogP contribution in [0.15, 0.2) is 82.2 Å². The van der Waals surface area contributed by atoms with Gasteiger partial charge in [0.05, 0.1) is 15.4 Å². The Morgan fingerprint density at radius 3 is 2.35 bits per heavy atom. The molecule has 0 aliphatic rings. The highest BCUT2D eigenvalue weighted by Crippen LogP contribution is 2.29. The van der Waals surface area contributed by atoms with Crippen molar-refractivity contribution in [3.05, 3.63) is 98.7 Å². The molecule has 0 fully saturated rings. The van der Waals surface area contributed by atoms with Crippen LogP contribution in [-0.4, -0.2) is 34.6 Å². The predicted molar refractivity (Wildman–Crippen MR) is 137 cm³/mol. The fraction of sp³-hybridized carbons (Fsp3) is 0.115. The van der Waals surface area contributed by atoms with E-state index in [4.69, 9.17) is 0 Å². The lowest BCUT2D eigenvalue weighted by Gasteiger charge is -2.17. The number of hydrogen-bond acceptors (Lipinski definition) is 4. The maximum atomic E-state index is 12.7. The van der Waals surface area contributed by atoms with E-state index in [-0.39, 0.29) is 22.9 Å².